The summed E-state index contributed by atoms with van der Waals surface area (Å²) < 4.78 is 2.16. The average Bonchev–Trinajstić information content (AvgIpc) is 2.56. The van der Waals surface area contributed by atoms with Crippen molar-refractivity contribution < 1.29 is 4.79 Å². The third-order valence-corrected chi connectivity index (χ3v) is 2.92. The lowest BCUT2D eigenvalue weighted by molar-refractivity contribution is 0.101. The van der Waals surface area contributed by atoms with Crippen LogP contribution in [0.4, 0.5) is 0 Å². The van der Waals surface area contributed by atoms with Crippen molar-refractivity contribution >= 4 is 16.7 Å². The van der Waals surface area contributed by atoms with Gasteiger partial charge in [-0.2, -0.15) is 0 Å². The molecule has 0 bridgehead atoms. The predicted octanol–water partition coefficient (Wildman–Crippen LogP) is 3.73. The molecule has 84 valence electrons. The highest BCUT2D eigenvalue weighted by Gasteiger charge is 2.13. The molecule has 0 saturated carbocycles. The molecule has 0 aliphatic rings. The lowest BCUT2D eigenvalue weighted by Crippen LogP contribution is -1.98. The van der Waals surface area contributed by atoms with Gasteiger partial charge in [0.1, 0.15) is 0 Å². The molecule has 0 radical (unpaired) electrons. The van der Waals surface area contributed by atoms with Gasteiger partial charge in [0.2, 0.25) is 0 Å². The van der Waals surface area contributed by atoms with E-state index < -0.39 is 0 Å². The minimum atomic E-state index is 0.134. The predicted molar refractivity (Wildman–Crippen MR) is 67.1 cm³/mol. The zero-order valence-electron chi connectivity index (χ0n) is 10.2. The fourth-order valence-electron chi connectivity index (χ4n) is 2.08. The van der Waals surface area contributed by atoms with E-state index in [9.17, 15) is 4.79 Å². The summed E-state index contributed by atoms with van der Waals surface area (Å²) in [5.41, 5.74) is 3.16. The Labute approximate surface area is 95.9 Å². The third kappa shape index (κ3) is 1.64. The number of carbonyl (C=O) groups is 1. The summed E-state index contributed by atoms with van der Waals surface area (Å²) in [6.45, 7) is 7.93. The average molecular weight is 215 g/mol. The number of carbonyl (C=O) groups excluding carboxylic acids is 1. The van der Waals surface area contributed by atoms with Gasteiger partial charge in [-0.3, -0.25) is 4.79 Å². The zero-order chi connectivity index (χ0) is 11.9. The van der Waals surface area contributed by atoms with Gasteiger partial charge >= 0.3 is 0 Å². The first kappa shape index (κ1) is 10.9. The minimum absolute atomic E-state index is 0.134. The highest BCUT2D eigenvalue weighted by molar-refractivity contribution is 6.07. The van der Waals surface area contributed by atoms with Crippen LogP contribution in [-0.2, 0) is 0 Å². The number of hydrogen-bond donors (Lipinski definition) is 0. The molecule has 0 N–H and O–H groups in total. The van der Waals surface area contributed by atoms with Crippen LogP contribution in [0, 0.1) is 6.92 Å². The van der Waals surface area contributed by atoms with Crippen molar-refractivity contribution in [3.05, 3.63) is 35.5 Å². The minimum Gasteiger partial charge on any atom is -0.344 e. The Hall–Kier alpha value is -1.57. The second-order valence-corrected chi connectivity index (χ2v) is 4.62. The molecule has 0 spiro atoms. The Kier molecular flexibility index (Phi) is 2.58. The Morgan fingerprint density at radius 1 is 1.31 bits per heavy atom. The van der Waals surface area contributed by atoms with Crippen molar-refractivity contribution in [1.82, 2.24) is 4.57 Å². The van der Waals surface area contributed by atoms with Gasteiger partial charge in [-0.05, 0) is 39.8 Å². The van der Waals surface area contributed by atoms with Gasteiger partial charge in [-0.25, -0.2) is 0 Å². The van der Waals surface area contributed by atoms with E-state index >= 15 is 0 Å². The standard InChI is InChI=1S/C14H17NO/c1-9(2)15-8-13(11(4)16)12-7-10(3)5-6-14(12)15/h5-9H,1-4H3. The van der Waals surface area contributed by atoms with Gasteiger partial charge in [0.05, 0.1) is 0 Å². The van der Waals surface area contributed by atoms with Crippen LogP contribution < -0.4 is 0 Å². The molecule has 2 aromatic rings. The Morgan fingerprint density at radius 3 is 2.56 bits per heavy atom. The molecule has 0 fully saturated rings. The quantitative estimate of drug-likeness (QED) is 0.699. The van der Waals surface area contributed by atoms with Crippen molar-refractivity contribution in [3.63, 3.8) is 0 Å². The zero-order valence-corrected chi connectivity index (χ0v) is 10.2. The topological polar surface area (TPSA) is 22.0 Å². The Bertz CT molecular complexity index is 549. The number of aryl methyl sites for hydroxylation is 1. The maximum Gasteiger partial charge on any atom is 0.161 e. The summed E-state index contributed by atoms with van der Waals surface area (Å²) >= 11 is 0. The lowest BCUT2D eigenvalue weighted by Gasteiger charge is -2.08. The van der Waals surface area contributed by atoms with Crippen molar-refractivity contribution in [2.75, 3.05) is 0 Å². The van der Waals surface area contributed by atoms with Crippen LogP contribution in [0.25, 0.3) is 10.9 Å². The molecule has 0 unspecified atom stereocenters. The van der Waals surface area contributed by atoms with E-state index in [1.54, 1.807) is 6.92 Å². The second-order valence-electron chi connectivity index (χ2n) is 4.62. The molecule has 2 nitrogen and oxygen atoms in total. The molecule has 0 saturated heterocycles. The van der Waals surface area contributed by atoms with E-state index in [4.69, 9.17) is 0 Å². The first-order valence-electron chi connectivity index (χ1n) is 5.63. The summed E-state index contributed by atoms with van der Waals surface area (Å²) in [5.74, 6) is 0.134. The maximum atomic E-state index is 11.6. The first-order chi connectivity index (χ1) is 7.50. The smallest absolute Gasteiger partial charge is 0.161 e. The number of benzene rings is 1. The van der Waals surface area contributed by atoms with E-state index in [2.05, 4.69) is 43.5 Å². The Morgan fingerprint density at radius 2 is 2.00 bits per heavy atom. The summed E-state index contributed by atoms with van der Waals surface area (Å²) in [6, 6.07) is 6.64. The molecule has 1 aromatic carbocycles. The highest BCUT2D eigenvalue weighted by Crippen LogP contribution is 2.26. The molecule has 2 heteroatoms. The van der Waals surface area contributed by atoms with Gasteiger partial charge in [-0.15, -0.1) is 0 Å². The maximum absolute atomic E-state index is 11.6. The number of rotatable bonds is 2. The Balaban J connectivity index is 2.81. The summed E-state index contributed by atoms with van der Waals surface area (Å²) in [7, 11) is 0. The fraction of sp³-hybridized carbons (Fsp3) is 0.357. The van der Waals surface area contributed by atoms with E-state index in [-0.39, 0.29) is 5.78 Å². The van der Waals surface area contributed by atoms with E-state index in [1.807, 2.05) is 6.20 Å². The monoisotopic (exact) mass is 215 g/mol. The van der Waals surface area contributed by atoms with E-state index in [0.29, 0.717) is 6.04 Å². The fourth-order valence-corrected chi connectivity index (χ4v) is 2.08. The molecular weight excluding hydrogens is 198 g/mol. The molecule has 0 aliphatic carbocycles. The summed E-state index contributed by atoms with van der Waals surface area (Å²) in [4.78, 5) is 11.6. The number of aromatic nitrogens is 1. The molecule has 1 aromatic heterocycles. The largest absolute Gasteiger partial charge is 0.344 e. The number of hydrogen-bond acceptors (Lipinski definition) is 1. The van der Waals surface area contributed by atoms with Crippen LogP contribution in [-0.4, -0.2) is 10.4 Å². The van der Waals surface area contributed by atoms with Gasteiger partial charge in [0, 0.05) is 28.7 Å². The second kappa shape index (κ2) is 3.78. The number of Topliss-reactive ketones (excluding diaryl/α,β-unsaturated/α-hetero) is 1. The molecule has 0 atom stereocenters. The van der Waals surface area contributed by atoms with Crippen LogP contribution in [0.3, 0.4) is 0 Å². The van der Waals surface area contributed by atoms with Crippen molar-refractivity contribution in [2.45, 2.75) is 33.7 Å². The molecule has 16 heavy (non-hydrogen) atoms. The lowest BCUT2D eigenvalue weighted by atomic mass is 10.1. The van der Waals surface area contributed by atoms with Crippen LogP contribution >= 0.6 is 0 Å². The number of fused-ring (bicyclic) bond motifs is 1. The van der Waals surface area contributed by atoms with Gasteiger partial charge in [-0.1, -0.05) is 11.6 Å². The van der Waals surface area contributed by atoms with Gasteiger partial charge in [0.25, 0.3) is 0 Å². The summed E-state index contributed by atoms with van der Waals surface area (Å²) in [6.07, 6.45) is 1.97. The van der Waals surface area contributed by atoms with Crippen molar-refractivity contribution in [1.29, 1.82) is 0 Å². The van der Waals surface area contributed by atoms with E-state index in [0.717, 1.165) is 16.5 Å². The van der Waals surface area contributed by atoms with Gasteiger partial charge in [0.15, 0.2) is 5.78 Å². The third-order valence-electron chi connectivity index (χ3n) is 2.92. The molecule has 0 aliphatic heterocycles. The van der Waals surface area contributed by atoms with Crippen molar-refractivity contribution in [2.24, 2.45) is 0 Å². The van der Waals surface area contributed by atoms with Crippen molar-refractivity contribution in [3.8, 4) is 0 Å². The van der Waals surface area contributed by atoms with Crippen LogP contribution in [0.5, 0.6) is 0 Å². The normalized spacial score (nSPS) is 11.3. The molecule has 0 amide bonds. The van der Waals surface area contributed by atoms with Crippen LogP contribution in [0.15, 0.2) is 24.4 Å². The number of nitrogens with zero attached hydrogens (tertiary/aromatic N) is 1. The molecular formula is C14H17NO. The summed E-state index contributed by atoms with van der Waals surface area (Å²) in [5, 5.41) is 1.07. The molecule has 1 heterocycles. The van der Waals surface area contributed by atoms with E-state index in [1.165, 1.54) is 5.56 Å². The van der Waals surface area contributed by atoms with Gasteiger partial charge < -0.3 is 4.57 Å². The first-order valence-corrected chi connectivity index (χ1v) is 5.63. The SMILES string of the molecule is CC(=O)c1cn(C(C)C)c2ccc(C)cc12. The van der Waals surface area contributed by atoms with Crippen LogP contribution in [0.1, 0.15) is 42.7 Å². The molecule has 2 rings (SSSR count). The highest BCUT2D eigenvalue weighted by atomic mass is 16.1. The number of ketones is 1. The van der Waals surface area contributed by atoms with Crippen LogP contribution in [0.2, 0.25) is 0 Å².